The van der Waals surface area contributed by atoms with E-state index in [0.717, 1.165) is 12.0 Å². The zero-order valence-electron chi connectivity index (χ0n) is 14.0. The van der Waals surface area contributed by atoms with E-state index in [2.05, 4.69) is 6.92 Å². The second-order valence-electron chi connectivity index (χ2n) is 7.18. The van der Waals surface area contributed by atoms with Crippen LogP contribution in [0.1, 0.15) is 50.6 Å². The third-order valence-corrected chi connectivity index (χ3v) is 5.60. The molecule has 1 saturated heterocycles. The summed E-state index contributed by atoms with van der Waals surface area (Å²) in [5, 5.41) is 9.10. The Labute approximate surface area is 141 Å². The van der Waals surface area contributed by atoms with Crippen LogP contribution in [-0.2, 0) is 9.59 Å². The number of nitrogens with zero attached hydrogens (tertiary/aromatic N) is 1. The summed E-state index contributed by atoms with van der Waals surface area (Å²) in [5.74, 6) is -1.04. The Kier molecular flexibility index (Phi) is 4.88. The fourth-order valence-corrected chi connectivity index (χ4v) is 4.21. The molecule has 0 bridgehead atoms. The summed E-state index contributed by atoms with van der Waals surface area (Å²) in [6, 6.07) is 6.44. The molecule has 2 atom stereocenters. The fourth-order valence-electron chi connectivity index (χ4n) is 4.21. The molecule has 0 spiro atoms. The molecule has 1 aliphatic carbocycles. The van der Waals surface area contributed by atoms with Gasteiger partial charge in [-0.15, -0.1) is 0 Å². The van der Waals surface area contributed by atoms with E-state index in [0.29, 0.717) is 38.1 Å². The Bertz CT molecular complexity index is 625. The lowest BCUT2D eigenvalue weighted by molar-refractivity contribution is -0.146. The van der Waals surface area contributed by atoms with Gasteiger partial charge in [0, 0.05) is 12.5 Å². The van der Waals surface area contributed by atoms with Gasteiger partial charge in [-0.3, -0.25) is 9.59 Å². The molecule has 1 saturated carbocycles. The first kappa shape index (κ1) is 16.9. The van der Waals surface area contributed by atoms with Gasteiger partial charge in [-0.05, 0) is 55.7 Å². The molecule has 1 amide bonds. The number of hydrogen-bond acceptors (Lipinski definition) is 2. The van der Waals surface area contributed by atoms with Crippen molar-refractivity contribution in [3.63, 3.8) is 0 Å². The molecular weight excluding hydrogens is 309 g/mol. The minimum Gasteiger partial charge on any atom is -0.481 e. The van der Waals surface area contributed by atoms with E-state index < -0.39 is 5.97 Å². The third kappa shape index (κ3) is 3.30. The predicted octanol–water partition coefficient (Wildman–Crippen LogP) is 3.63. The van der Waals surface area contributed by atoms with Crippen LogP contribution in [0, 0.1) is 23.6 Å². The standard InChI is InChI=1S/C19H24FNO3/c1-12-9-10-21(17(12)15-3-2-4-16(20)11-15)18(22)13-5-7-14(8-6-13)19(23)24/h2-4,11-14,17H,5-10H2,1H3,(H,23,24). The minimum absolute atomic E-state index is 0.0783. The van der Waals surface area contributed by atoms with Crippen LogP contribution in [0.4, 0.5) is 4.39 Å². The number of carbonyl (C=O) groups excluding carboxylic acids is 1. The van der Waals surface area contributed by atoms with Gasteiger partial charge < -0.3 is 10.0 Å². The molecule has 1 aliphatic heterocycles. The van der Waals surface area contributed by atoms with E-state index >= 15 is 0 Å². The molecule has 1 heterocycles. The molecule has 0 radical (unpaired) electrons. The Hall–Kier alpha value is -1.91. The Morgan fingerprint density at radius 1 is 1.12 bits per heavy atom. The van der Waals surface area contributed by atoms with Crippen molar-refractivity contribution in [1.82, 2.24) is 4.90 Å². The van der Waals surface area contributed by atoms with Crippen molar-refractivity contribution in [2.75, 3.05) is 6.54 Å². The monoisotopic (exact) mass is 333 g/mol. The van der Waals surface area contributed by atoms with Crippen LogP contribution in [0.5, 0.6) is 0 Å². The van der Waals surface area contributed by atoms with E-state index in [4.69, 9.17) is 5.11 Å². The van der Waals surface area contributed by atoms with Gasteiger partial charge in [0.25, 0.3) is 0 Å². The summed E-state index contributed by atoms with van der Waals surface area (Å²) < 4.78 is 13.6. The van der Waals surface area contributed by atoms with Crippen molar-refractivity contribution < 1.29 is 19.1 Å². The Balaban J connectivity index is 1.73. The highest BCUT2D eigenvalue weighted by atomic mass is 19.1. The van der Waals surface area contributed by atoms with E-state index in [9.17, 15) is 14.0 Å². The average Bonchev–Trinajstić information content (AvgIpc) is 2.96. The van der Waals surface area contributed by atoms with Gasteiger partial charge in [-0.1, -0.05) is 19.1 Å². The zero-order valence-corrected chi connectivity index (χ0v) is 14.0. The number of carbonyl (C=O) groups is 2. The van der Waals surface area contributed by atoms with E-state index in [-0.39, 0.29) is 29.6 Å². The first-order valence-electron chi connectivity index (χ1n) is 8.76. The number of benzene rings is 1. The predicted molar refractivity (Wildman–Crippen MR) is 87.7 cm³/mol. The normalized spacial score (nSPS) is 30.3. The van der Waals surface area contributed by atoms with Crippen LogP contribution in [0.25, 0.3) is 0 Å². The number of carboxylic acid groups (broad SMARTS) is 1. The number of aliphatic carboxylic acids is 1. The molecule has 3 rings (SSSR count). The lowest BCUT2D eigenvalue weighted by Gasteiger charge is -2.33. The first-order valence-corrected chi connectivity index (χ1v) is 8.76. The topological polar surface area (TPSA) is 57.6 Å². The first-order chi connectivity index (χ1) is 11.5. The molecule has 1 aromatic carbocycles. The highest BCUT2D eigenvalue weighted by Gasteiger charge is 2.39. The highest BCUT2D eigenvalue weighted by Crippen LogP contribution is 2.40. The molecule has 24 heavy (non-hydrogen) atoms. The van der Waals surface area contributed by atoms with Gasteiger partial charge in [-0.2, -0.15) is 0 Å². The van der Waals surface area contributed by atoms with Crippen LogP contribution >= 0.6 is 0 Å². The summed E-state index contributed by atoms with van der Waals surface area (Å²) in [7, 11) is 0. The smallest absolute Gasteiger partial charge is 0.306 e. The largest absolute Gasteiger partial charge is 0.481 e. The van der Waals surface area contributed by atoms with E-state index in [1.54, 1.807) is 6.07 Å². The highest BCUT2D eigenvalue weighted by molar-refractivity contribution is 5.80. The van der Waals surface area contributed by atoms with Crippen LogP contribution in [0.15, 0.2) is 24.3 Å². The molecular formula is C19H24FNO3. The van der Waals surface area contributed by atoms with Gasteiger partial charge in [0.2, 0.25) is 5.91 Å². The van der Waals surface area contributed by atoms with Crippen LogP contribution in [0.3, 0.4) is 0 Å². The van der Waals surface area contributed by atoms with Crippen LogP contribution in [-0.4, -0.2) is 28.4 Å². The third-order valence-electron chi connectivity index (χ3n) is 5.60. The molecule has 1 aromatic rings. The van der Waals surface area contributed by atoms with Crippen molar-refractivity contribution in [3.8, 4) is 0 Å². The molecule has 130 valence electrons. The summed E-state index contributed by atoms with van der Waals surface area (Å²) in [4.78, 5) is 25.9. The number of rotatable bonds is 3. The number of amides is 1. The molecule has 2 unspecified atom stereocenters. The fraction of sp³-hybridized carbons (Fsp3) is 0.579. The molecule has 4 nitrogen and oxygen atoms in total. The SMILES string of the molecule is CC1CCN(C(=O)C2CCC(C(=O)O)CC2)C1c1cccc(F)c1. The number of carboxylic acids is 1. The van der Waals surface area contributed by atoms with Crippen molar-refractivity contribution in [3.05, 3.63) is 35.6 Å². The van der Waals surface area contributed by atoms with Crippen molar-refractivity contribution in [1.29, 1.82) is 0 Å². The maximum atomic E-state index is 13.6. The van der Waals surface area contributed by atoms with Crippen LogP contribution < -0.4 is 0 Å². The second-order valence-corrected chi connectivity index (χ2v) is 7.18. The molecule has 1 N–H and O–H groups in total. The zero-order chi connectivity index (χ0) is 17.3. The molecule has 2 aliphatic rings. The summed E-state index contributed by atoms with van der Waals surface area (Å²) in [6.07, 6.45) is 3.32. The molecule has 2 fully saturated rings. The van der Waals surface area contributed by atoms with Gasteiger partial charge >= 0.3 is 5.97 Å². The summed E-state index contributed by atoms with van der Waals surface area (Å²) >= 11 is 0. The van der Waals surface area contributed by atoms with Gasteiger partial charge in [0.15, 0.2) is 0 Å². The number of halogens is 1. The molecule has 0 aromatic heterocycles. The number of hydrogen-bond donors (Lipinski definition) is 1. The second kappa shape index (κ2) is 6.91. The molecule has 5 heteroatoms. The van der Waals surface area contributed by atoms with Crippen molar-refractivity contribution in [2.24, 2.45) is 17.8 Å². The summed E-state index contributed by atoms with van der Waals surface area (Å²) in [5.41, 5.74) is 0.854. The lowest BCUT2D eigenvalue weighted by Crippen LogP contribution is -2.38. The van der Waals surface area contributed by atoms with Gasteiger partial charge in [0.05, 0.1) is 12.0 Å². The van der Waals surface area contributed by atoms with Crippen molar-refractivity contribution in [2.45, 2.75) is 45.1 Å². The maximum absolute atomic E-state index is 13.6. The quantitative estimate of drug-likeness (QED) is 0.919. The minimum atomic E-state index is -0.756. The Morgan fingerprint density at radius 3 is 2.42 bits per heavy atom. The van der Waals surface area contributed by atoms with E-state index in [1.807, 2.05) is 11.0 Å². The van der Waals surface area contributed by atoms with E-state index in [1.165, 1.54) is 12.1 Å². The number of likely N-dealkylation sites (tertiary alicyclic amines) is 1. The Morgan fingerprint density at radius 2 is 1.79 bits per heavy atom. The van der Waals surface area contributed by atoms with Gasteiger partial charge in [0.1, 0.15) is 5.82 Å². The van der Waals surface area contributed by atoms with Crippen molar-refractivity contribution >= 4 is 11.9 Å². The lowest BCUT2D eigenvalue weighted by atomic mass is 9.81. The van der Waals surface area contributed by atoms with Gasteiger partial charge in [-0.25, -0.2) is 4.39 Å². The average molecular weight is 333 g/mol. The summed E-state index contributed by atoms with van der Waals surface area (Å²) in [6.45, 7) is 2.80. The maximum Gasteiger partial charge on any atom is 0.306 e. The van der Waals surface area contributed by atoms with Crippen LogP contribution in [0.2, 0.25) is 0 Å².